The van der Waals surface area contributed by atoms with E-state index in [1.165, 1.54) is 128 Å². The van der Waals surface area contributed by atoms with Crippen molar-refractivity contribution >= 4 is 5.91 Å². The number of nitrogens with one attached hydrogen (secondary N) is 1. The molecular formula is C60H105NO8. The smallest absolute Gasteiger partial charge is 0.220 e. The summed E-state index contributed by atoms with van der Waals surface area (Å²) in [7, 11) is 0. The number of hydrogen-bond acceptors (Lipinski definition) is 8. The molecule has 0 aliphatic carbocycles. The molecule has 69 heavy (non-hydrogen) atoms. The Morgan fingerprint density at radius 1 is 0.507 bits per heavy atom. The van der Waals surface area contributed by atoms with Crippen molar-refractivity contribution in [3.63, 3.8) is 0 Å². The monoisotopic (exact) mass is 968 g/mol. The zero-order valence-corrected chi connectivity index (χ0v) is 44.0. The summed E-state index contributed by atoms with van der Waals surface area (Å²) in [6.45, 7) is 3.65. The Labute approximate surface area is 422 Å². The fourth-order valence-corrected chi connectivity index (χ4v) is 8.47. The predicted molar refractivity (Wildman–Crippen MR) is 290 cm³/mol. The largest absolute Gasteiger partial charge is 0.394 e. The molecule has 1 aliphatic rings. The second-order valence-electron chi connectivity index (χ2n) is 19.3. The molecule has 0 aromatic heterocycles. The number of unbranched alkanes of at least 4 members (excludes halogenated alkanes) is 25. The van der Waals surface area contributed by atoms with E-state index in [0.717, 1.165) is 83.5 Å². The summed E-state index contributed by atoms with van der Waals surface area (Å²) in [5.74, 6) is -0.201. The minimum atomic E-state index is -1.58. The standard InChI is InChI=1S/C60H105NO8/c1-3-5-7-9-11-13-15-17-19-21-23-25-26-27-28-30-31-33-35-37-39-41-43-45-47-49-54(63)53(52-68-60-59(67)58(66)57(65)55(51-62)69-60)61-56(64)50-48-46-44-42-40-38-36-34-32-29-24-22-20-18-16-14-12-10-8-6-4-2/h6,8,12,14,18,20,24,29,31,33,39,41,47,49,53-55,57-60,62-63,65-67H,3-5,7,9-11,13,15-17,19,21-23,25-28,30,32,34-38,40,42-46,48,50-52H2,1-2H3,(H,61,64)/b8-6-,14-12-,20-18-,29-24-,33-31+,41-39+,49-47+. The topological polar surface area (TPSA) is 149 Å². The molecule has 9 heteroatoms. The third-order valence-electron chi connectivity index (χ3n) is 12.9. The average molecular weight is 968 g/mol. The number of carbonyl (C=O) groups excluding carboxylic acids is 1. The van der Waals surface area contributed by atoms with Crippen LogP contribution in [0.25, 0.3) is 0 Å². The average Bonchev–Trinajstić information content (AvgIpc) is 3.35. The molecule has 0 radical (unpaired) electrons. The van der Waals surface area contributed by atoms with Crippen LogP contribution in [0.3, 0.4) is 0 Å². The highest BCUT2D eigenvalue weighted by Crippen LogP contribution is 2.23. The molecule has 0 saturated carbocycles. The Morgan fingerprint density at radius 2 is 0.913 bits per heavy atom. The van der Waals surface area contributed by atoms with E-state index in [0.29, 0.717) is 6.42 Å². The highest BCUT2D eigenvalue weighted by atomic mass is 16.7. The van der Waals surface area contributed by atoms with Crippen LogP contribution < -0.4 is 5.32 Å². The van der Waals surface area contributed by atoms with Gasteiger partial charge in [-0.1, -0.05) is 227 Å². The van der Waals surface area contributed by atoms with Crippen molar-refractivity contribution in [1.82, 2.24) is 5.32 Å². The Bertz CT molecular complexity index is 1350. The molecule has 0 aromatic carbocycles. The quantitative estimate of drug-likeness (QED) is 0.0261. The van der Waals surface area contributed by atoms with Crippen LogP contribution in [0.5, 0.6) is 0 Å². The first-order chi connectivity index (χ1) is 33.8. The molecule has 6 N–H and O–H groups in total. The number of aliphatic hydroxyl groups excluding tert-OH is 5. The van der Waals surface area contributed by atoms with Gasteiger partial charge in [0.15, 0.2) is 6.29 Å². The second-order valence-corrected chi connectivity index (χ2v) is 19.3. The van der Waals surface area contributed by atoms with E-state index in [1.54, 1.807) is 6.08 Å². The SMILES string of the molecule is CC/C=C\C/C=C\C/C=C\C/C=C\CCCCCCCCCCC(=O)NC(COC1OC(CO)C(O)C(O)C1O)C(O)/C=C/CC/C=C/CC/C=C/CCCCCCCCCCCCCCCCC. The van der Waals surface area contributed by atoms with Crippen LogP contribution in [0.2, 0.25) is 0 Å². The van der Waals surface area contributed by atoms with E-state index in [1.807, 2.05) is 6.08 Å². The summed E-state index contributed by atoms with van der Waals surface area (Å²) in [6.07, 6.45) is 62.1. The van der Waals surface area contributed by atoms with Gasteiger partial charge in [-0.2, -0.15) is 0 Å². The lowest BCUT2D eigenvalue weighted by Crippen LogP contribution is -2.60. The summed E-state index contributed by atoms with van der Waals surface area (Å²) < 4.78 is 11.2. The molecule has 1 fully saturated rings. The van der Waals surface area contributed by atoms with Gasteiger partial charge in [0.05, 0.1) is 25.4 Å². The molecule has 1 heterocycles. The molecule has 1 amide bonds. The molecule has 7 atom stereocenters. The predicted octanol–water partition coefficient (Wildman–Crippen LogP) is 13.8. The highest BCUT2D eigenvalue weighted by molar-refractivity contribution is 5.76. The zero-order valence-electron chi connectivity index (χ0n) is 44.0. The van der Waals surface area contributed by atoms with E-state index in [2.05, 4.69) is 92.1 Å². The van der Waals surface area contributed by atoms with Crippen molar-refractivity contribution in [1.29, 1.82) is 0 Å². The minimum Gasteiger partial charge on any atom is -0.394 e. The lowest BCUT2D eigenvalue weighted by molar-refractivity contribution is -0.302. The maximum Gasteiger partial charge on any atom is 0.220 e. The molecule has 9 nitrogen and oxygen atoms in total. The van der Waals surface area contributed by atoms with Crippen molar-refractivity contribution in [2.45, 2.75) is 275 Å². The normalized spacial score (nSPS) is 20.1. The Morgan fingerprint density at radius 3 is 1.39 bits per heavy atom. The van der Waals surface area contributed by atoms with Crippen LogP contribution in [0.1, 0.15) is 232 Å². The summed E-state index contributed by atoms with van der Waals surface area (Å²) in [5, 5.41) is 54.5. The number of hydrogen-bond donors (Lipinski definition) is 6. The van der Waals surface area contributed by atoms with Gasteiger partial charge in [-0.25, -0.2) is 0 Å². The summed E-state index contributed by atoms with van der Waals surface area (Å²) in [5.41, 5.74) is 0. The third kappa shape index (κ3) is 38.7. The van der Waals surface area contributed by atoms with E-state index < -0.39 is 49.5 Å². The summed E-state index contributed by atoms with van der Waals surface area (Å²) >= 11 is 0. The van der Waals surface area contributed by atoms with E-state index in [4.69, 9.17) is 9.47 Å². The van der Waals surface area contributed by atoms with Crippen LogP contribution in [0, 0.1) is 0 Å². The maximum absolute atomic E-state index is 13.0. The molecular weight excluding hydrogens is 863 g/mol. The molecule has 398 valence electrons. The number of carbonyl (C=O) groups is 1. The van der Waals surface area contributed by atoms with Gasteiger partial charge < -0.3 is 40.3 Å². The van der Waals surface area contributed by atoms with Gasteiger partial charge in [-0.05, 0) is 83.5 Å². The summed E-state index contributed by atoms with van der Waals surface area (Å²) in [6, 6.07) is -0.838. The Hall–Kier alpha value is -2.63. The number of ether oxygens (including phenoxy) is 2. The molecule has 0 spiro atoms. The highest BCUT2D eigenvalue weighted by Gasteiger charge is 2.44. The van der Waals surface area contributed by atoms with Gasteiger partial charge in [-0.15, -0.1) is 0 Å². The zero-order chi connectivity index (χ0) is 50.1. The molecule has 1 saturated heterocycles. The van der Waals surface area contributed by atoms with E-state index >= 15 is 0 Å². The van der Waals surface area contributed by atoms with Gasteiger partial charge in [0.2, 0.25) is 5.91 Å². The van der Waals surface area contributed by atoms with Crippen molar-refractivity contribution in [3.8, 4) is 0 Å². The van der Waals surface area contributed by atoms with E-state index in [-0.39, 0.29) is 12.5 Å². The minimum absolute atomic E-state index is 0.201. The number of allylic oxidation sites excluding steroid dienone is 13. The Kier molecular flexibility index (Phi) is 45.7. The second kappa shape index (κ2) is 49.0. The molecule has 0 aromatic rings. The first-order valence-corrected chi connectivity index (χ1v) is 28.3. The van der Waals surface area contributed by atoms with Crippen molar-refractivity contribution < 1.29 is 39.8 Å². The van der Waals surface area contributed by atoms with Crippen LogP contribution in [-0.2, 0) is 14.3 Å². The maximum atomic E-state index is 13.0. The van der Waals surface area contributed by atoms with E-state index in [9.17, 15) is 30.3 Å². The molecule has 1 rings (SSSR count). The lowest BCUT2D eigenvalue weighted by Gasteiger charge is -2.40. The third-order valence-corrected chi connectivity index (χ3v) is 12.9. The summed E-state index contributed by atoms with van der Waals surface area (Å²) in [4.78, 5) is 13.0. The number of rotatable bonds is 47. The number of amides is 1. The van der Waals surface area contributed by atoms with Crippen molar-refractivity contribution in [3.05, 3.63) is 85.1 Å². The molecule has 1 aliphatic heterocycles. The molecule has 0 bridgehead atoms. The van der Waals surface area contributed by atoms with Gasteiger partial charge in [0, 0.05) is 6.42 Å². The molecule has 7 unspecified atom stereocenters. The Balaban J connectivity index is 2.29. The fraction of sp³-hybridized carbons (Fsp3) is 0.750. The first-order valence-electron chi connectivity index (χ1n) is 28.3. The van der Waals surface area contributed by atoms with Gasteiger partial charge >= 0.3 is 0 Å². The van der Waals surface area contributed by atoms with Crippen molar-refractivity contribution in [2.75, 3.05) is 13.2 Å². The van der Waals surface area contributed by atoms with Crippen LogP contribution in [-0.4, -0.2) is 87.5 Å². The van der Waals surface area contributed by atoms with Crippen LogP contribution in [0.4, 0.5) is 0 Å². The van der Waals surface area contributed by atoms with Crippen LogP contribution in [0.15, 0.2) is 85.1 Å². The van der Waals surface area contributed by atoms with Gasteiger partial charge in [0.1, 0.15) is 24.4 Å². The lowest BCUT2D eigenvalue weighted by atomic mass is 9.99. The van der Waals surface area contributed by atoms with Crippen LogP contribution >= 0.6 is 0 Å². The van der Waals surface area contributed by atoms with Gasteiger partial charge in [0.25, 0.3) is 0 Å². The van der Waals surface area contributed by atoms with Gasteiger partial charge in [-0.3, -0.25) is 4.79 Å². The van der Waals surface area contributed by atoms with Crippen molar-refractivity contribution in [2.24, 2.45) is 0 Å². The number of aliphatic hydroxyl groups is 5. The fourth-order valence-electron chi connectivity index (χ4n) is 8.47. The first kappa shape index (κ1) is 64.4.